The summed E-state index contributed by atoms with van der Waals surface area (Å²) in [5.74, 6) is -0.262. The third-order valence-electron chi connectivity index (χ3n) is 8.78. The molecule has 1 rings (SSSR count). The predicted octanol–water partition coefficient (Wildman–Crippen LogP) is 9.56. The molecule has 0 bridgehead atoms. The van der Waals surface area contributed by atoms with E-state index < -0.39 is 51.8 Å². The Morgan fingerprint density at radius 3 is 1.80 bits per heavy atom. The van der Waals surface area contributed by atoms with Gasteiger partial charge >= 0.3 is 19.8 Å². The maximum Gasteiger partial charge on any atom is 0.472 e. The molecule has 1 saturated heterocycles. The van der Waals surface area contributed by atoms with E-state index in [4.69, 9.17) is 23.8 Å². The molecule has 5 atom stereocenters. The van der Waals surface area contributed by atoms with Gasteiger partial charge in [0.1, 0.15) is 12.7 Å². The number of ether oxygens (including phenoxy) is 3. The minimum atomic E-state index is -4.64. The molecule has 1 aliphatic rings. The summed E-state index contributed by atoms with van der Waals surface area (Å²) in [5, 5.41) is 18.3. The summed E-state index contributed by atoms with van der Waals surface area (Å²) in [6.45, 7) is 4.44. The predicted molar refractivity (Wildman–Crippen MR) is 218 cm³/mol. The van der Waals surface area contributed by atoms with Crippen LogP contribution < -0.4 is 0 Å². The molecule has 0 aromatic rings. The van der Waals surface area contributed by atoms with Crippen molar-refractivity contribution in [1.29, 1.82) is 0 Å². The highest BCUT2D eigenvalue weighted by Crippen LogP contribution is 2.43. The number of carbonyl (C=O) groups is 2. The SMILES string of the molecule is CC/C=C\CC1OC1C/C=C\C/C=C\C/C=C\C/C=C\CCC(=O)O[C@H](COC(=O)CCCCCCCCCCCC(C)C)COP(=O)(O)OC[C@@H](O)CO. The maximum atomic E-state index is 12.6. The van der Waals surface area contributed by atoms with Crippen LogP contribution >= 0.6 is 7.82 Å². The number of aliphatic hydroxyl groups excluding tert-OH is 2. The van der Waals surface area contributed by atoms with Crippen LogP contribution in [0, 0.1) is 5.92 Å². The highest BCUT2D eigenvalue weighted by atomic mass is 31.2. The fourth-order valence-corrected chi connectivity index (χ4v) is 6.27. The number of phosphoric ester groups is 1. The number of hydrogen-bond acceptors (Lipinski definition) is 10. The van der Waals surface area contributed by atoms with Gasteiger partial charge in [-0.05, 0) is 57.3 Å². The van der Waals surface area contributed by atoms with Crippen molar-refractivity contribution >= 4 is 19.8 Å². The average Bonchev–Trinajstić information content (AvgIpc) is 3.91. The largest absolute Gasteiger partial charge is 0.472 e. The topological polar surface area (TPSA) is 161 Å². The number of aliphatic hydroxyl groups is 2. The Labute approximate surface area is 331 Å². The van der Waals surface area contributed by atoms with Gasteiger partial charge in [-0.15, -0.1) is 0 Å². The van der Waals surface area contributed by atoms with Crippen LogP contribution in [0.2, 0.25) is 0 Å². The Hall–Kier alpha value is -2.37. The first-order valence-electron chi connectivity index (χ1n) is 20.7. The summed E-state index contributed by atoms with van der Waals surface area (Å²) in [7, 11) is -4.64. The standard InChI is InChI=1S/C43H73O11P/c1-4-5-23-29-40-41(54-40)30-25-20-16-12-8-6-7-9-13-18-22-27-32-43(47)53-39(36-52-55(48,49)51-34-38(45)33-44)35-50-42(46)31-26-21-17-14-10-11-15-19-24-28-37(2)3/h5,7-9,12,18,20,22-23,25,37-41,44-45H,4,6,10-11,13-17,19,21,24,26-36H2,1-3H3,(H,48,49)/b9-7-,12-8-,22-18-,23-5-,25-20-/t38-,39+,40?,41?/m0/s1. The van der Waals surface area contributed by atoms with Gasteiger partial charge in [-0.25, -0.2) is 4.57 Å². The van der Waals surface area contributed by atoms with Gasteiger partial charge in [-0.1, -0.05) is 139 Å². The highest BCUT2D eigenvalue weighted by molar-refractivity contribution is 7.47. The molecular formula is C43H73O11P. The average molecular weight is 797 g/mol. The Kier molecular flexibility index (Phi) is 31.1. The van der Waals surface area contributed by atoms with Gasteiger partial charge in [0.05, 0.1) is 32.0 Å². The molecule has 11 nitrogen and oxygen atoms in total. The second kappa shape index (κ2) is 33.7. The van der Waals surface area contributed by atoms with Crippen molar-refractivity contribution in [2.45, 2.75) is 167 Å². The lowest BCUT2D eigenvalue weighted by Gasteiger charge is -2.20. The fourth-order valence-electron chi connectivity index (χ4n) is 5.48. The lowest BCUT2D eigenvalue weighted by atomic mass is 10.0. The molecule has 1 heterocycles. The van der Waals surface area contributed by atoms with Crippen LogP contribution in [0.3, 0.4) is 0 Å². The van der Waals surface area contributed by atoms with E-state index in [0.717, 1.165) is 63.7 Å². The number of epoxide rings is 1. The first kappa shape index (κ1) is 50.6. The zero-order chi connectivity index (χ0) is 40.4. The minimum Gasteiger partial charge on any atom is -0.462 e. The molecule has 0 spiro atoms. The molecular weight excluding hydrogens is 723 g/mol. The third-order valence-corrected chi connectivity index (χ3v) is 9.73. The number of rotatable bonds is 36. The normalized spacial score (nSPS) is 18.3. The summed E-state index contributed by atoms with van der Waals surface area (Å²) < 4.78 is 38.2. The number of unbranched alkanes of at least 4 members (excludes halogenated alkanes) is 8. The Morgan fingerprint density at radius 2 is 1.22 bits per heavy atom. The van der Waals surface area contributed by atoms with Crippen LogP contribution in [0.15, 0.2) is 60.8 Å². The Morgan fingerprint density at radius 1 is 0.691 bits per heavy atom. The number of hydrogen-bond donors (Lipinski definition) is 3. The van der Waals surface area contributed by atoms with E-state index in [1.54, 1.807) is 0 Å². The highest BCUT2D eigenvalue weighted by Gasteiger charge is 2.36. The Balaban J connectivity index is 2.32. The van der Waals surface area contributed by atoms with Crippen LogP contribution in [0.25, 0.3) is 0 Å². The second-order valence-corrected chi connectivity index (χ2v) is 16.0. The van der Waals surface area contributed by atoms with E-state index in [1.807, 2.05) is 12.2 Å². The van der Waals surface area contributed by atoms with Gasteiger partial charge < -0.3 is 29.3 Å². The van der Waals surface area contributed by atoms with Crippen LogP contribution in [-0.4, -0.2) is 77.9 Å². The molecule has 0 radical (unpaired) electrons. The first-order valence-corrected chi connectivity index (χ1v) is 22.2. The van der Waals surface area contributed by atoms with Crippen molar-refractivity contribution in [1.82, 2.24) is 0 Å². The molecule has 55 heavy (non-hydrogen) atoms. The number of carbonyl (C=O) groups excluding carboxylic acids is 2. The van der Waals surface area contributed by atoms with Gasteiger partial charge in [0, 0.05) is 12.8 Å². The summed E-state index contributed by atoms with van der Waals surface area (Å²) in [6, 6.07) is 0. The van der Waals surface area contributed by atoms with E-state index in [1.165, 1.54) is 38.5 Å². The third kappa shape index (κ3) is 32.4. The van der Waals surface area contributed by atoms with Crippen LogP contribution in [-0.2, 0) is 37.4 Å². The quantitative estimate of drug-likeness (QED) is 0.0182. The molecule has 1 aliphatic heterocycles. The van der Waals surface area contributed by atoms with Crippen molar-refractivity contribution < 1.29 is 52.5 Å². The minimum absolute atomic E-state index is 0.0538. The van der Waals surface area contributed by atoms with E-state index >= 15 is 0 Å². The first-order chi connectivity index (χ1) is 26.6. The molecule has 1 fully saturated rings. The smallest absolute Gasteiger partial charge is 0.462 e. The van der Waals surface area contributed by atoms with E-state index in [0.29, 0.717) is 25.0 Å². The van der Waals surface area contributed by atoms with Gasteiger partial charge in [0.2, 0.25) is 0 Å². The van der Waals surface area contributed by atoms with Gasteiger partial charge in [-0.3, -0.25) is 18.6 Å². The van der Waals surface area contributed by atoms with Crippen molar-refractivity contribution in [3.63, 3.8) is 0 Å². The molecule has 3 N–H and O–H groups in total. The zero-order valence-electron chi connectivity index (χ0n) is 34.0. The van der Waals surface area contributed by atoms with E-state index in [9.17, 15) is 24.2 Å². The molecule has 12 heteroatoms. The molecule has 316 valence electrons. The summed E-state index contributed by atoms with van der Waals surface area (Å²) >= 11 is 0. The van der Waals surface area contributed by atoms with Crippen molar-refractivity contribution in [2.75, 3.05) is 26.4 Å². The van der Waals surface area contributed by atoms with Crippen LogP contribution in [0.5, 0.6) is 0 Å². The lowest BCUT2D eigenvalue weighted by Crippen LogP contribution is -2.29. The van der Waals surface area contributed by atoms with Gasteiger partial charge in [0.15, 0.2) is 6.10 Å². The number of esters is 2. The fraction of sp³-hybridized carbons (Fsp3) is 0.721. The van der Waals surface area contributed by atoms with Gasteiger partial charge in [-0.2, -0.15) is 0 Å². The molecule has 3 unspecified atom stereocenters. The van der Waals surface area contributed by atoms with E-state index in [2.05, 4.69) is 73.9 Å². The molecule has 0 saturated carbocycles. The second-order valence-electron chi connectivity index (χ2n) is 14.5. The number of allylic oxidation sites excluding steroid dienone is 8. The van der Waals surface area contributed by atoms with Crippen LogP contribution in [0.1, 0.15) is 143 Å². The van der Waals surface area contributed by atoms with Crippen molar-refractivity contribution in [3.05, 3.63) is 60.8 Å². The zero-order valence-corrected chi connectivity index (χ0v) is 34.9. The van der Waals surface area contributed by atoms with E-state index in [-0.39, 0.29) is 19.4 Å². The van der Waals surface area contributed by atoms with Gasteiger partial charge in [0.25, 0.3) is 0 Å². The lowest BCUT2D eigenvalue weighted by molar-refractivity contribution is -0.161. The maximum absolute atomic E-state index is 12.6. The van der Waals surface area contributed by atoms with Crippen LogP contribution in [0.4, 0.5) is 0 Å². The monoisotopic (exact) mass is 796 g/mol. The molecule has 0 aromatic carbocycles. The Bertz CT molecular complexity index is 1180. The van der Waals surface area contributed by atoms with Crippen molar-refractivity contribution in [3.8, 4) is 0 Å². The molecule has 0 aliphatic carbocycles. The summed E-state index contributed by atoms with van der Waals surface area (Å²) in [4.78, 5) is 34.9. The van der Waals surface area contributed by atoms with Crippen molar-refractivity contribution in [2.24, 2.45) is 5.92 Å². The number of phosphoric acid groups is 1. The molecule has 0 amide bonds. The summed E-state index contributed by atoms with van der Waals surface area (Å²) in [5.41, 5.74) is 0. The molecule has 0 aromatic heterocycles. The summed E-state index contributed by atoms with van der Waals surface area (Å²) in [6.07, 6.45) is 36.9.